The summed E-state index contributed by atoms with van der Waals surface area (Å²) in [7, 11) is 0. The minimum Gasteiger partial charge on any atom is -0.469 e. The number of hydrogen-bond acceptors (Lipinski definition) is 5. The Kier molecular flexibility index (Phi) is 5.70. The fourth-order valence-corrected chi connectivity index (χ4v) is 3.35. The van der Waals surface area contributed by atoms with Crippen LogP contribution in [0.2, 0.25) is 0 Å². The number of aromatic nitrogens is 3. The summed E-state index contributed by atoms with van der Waals surface area (Å²) < 4.78 is 7.39. The zero-order valence-corrected chi connectivity index (χ0v) is 16.8. The summed E-state index contributed by atoms with van der Waals surface area (Å²) in [5.41, 5.74) is 1.61. The molecule has 1 amide bonds. The molecule has 3 aromatic rings. The molecule has 6 nitrogen and oxygen atoms in total. The summed E-state index contributed by atoms with van der Waals surface area (Å²) >= 11 is 1.37. The van der Waals surface area contributed by atoms with Gasteiger partial charge in [0.05, 0.1) is 17.6 Å². The molecule has 0 bridgehead atoms. The van der Waals surface area contributed by atoms with Crippen molar-refractivity contribution in [3.8, 4) is 17.1 Å². The molecule has 0 unspecified atom stereocenters. The maximum atomic E-state index is 12.3. The van der Waals surface area contributed by atoms with Crippen LogP contribution >= 0.6 is 11.8 Å². The summed E-state index contributed by atoms with van der Waals surface area (Å²) in [6.07, 6.45) is 2.51. The van der Waals surface area contributed by atoms with E-state index < -0.39 is 0 Å². The normalized spacial score (nSPS) is 11.6. The van der Waals surface area contributed by atoms with Gasteiger partial charge in [-0.2, -0.15) is 0 Å². The van der Waals surface area contributed by atoms with Gasteiger partial charge in [-0.1, -0.05) is 36.9 Å². The van der Waals surface area contributed by atoms with E-state index in [0.717, 1.165) is 23.4 Å². The number of hydrogen-bond donors (Lipinski definition) is 1. The van der Waals surface area contributed by atoms with Crippen LogP contribution in [-0.4, -0.2) is 32.0 Å². The molecular formula is C20H24N4O2S. The maximum absolute atomic E-state index is 12.3. The number of aryl methyl sites for hydroxylation is 1. The van der Waals surface area contributed by atoms with Crippen LogP contribution in [0.25, 0.3) is 17.1 Å². The molecule has 0 aliphatic heterocycles. The summed E-state index contributed by atoms with van der Waals surface area (Å²) in [5.74, 6) is 1.73. The lowest BCUT2D eigenvalue weighted by Gasteiger charge is -2.24. The zero-order chi connectivity index (χ0) is 19.4. The van der Waals surface area contributed by atoms with E-state index in [2.05, 4.69) is 22.4 Å². The first kappa shape index (κ1) is 19.2. The first-order chi connectivity index (χ1) is 12.9. The van der Waals surface area contributed by atoms with Gasteiger partial charge in [-0.15, -0.1) is 10.2 Å². The molecule has 27 heavy (non-hydrogen) atoms. The van der Waals surface area contributed by atoms with E-state index in [9.17, 15) is 4.79 Å². The van der Waals surface area contributed by atoms with Gasteiger partial charge in [0.15, 0.2) is 11.0 Å². The Labute approximate surface area is 163 Å². The van der Waals surface area contributed by atoms with Crippen molar-refractivity contribution in [2.24, 2.45) is 0 Å². The number of thioether (sulfide) groups is 1. The third kappa shape index (κ3) is 4.42. The number of nitrogens with one attached hydrogen (secondary N) is 1. The third-order valence-electron chi connectivity index (χ3n) is 4.44. The predicted octanol–water partition coefficient (Wildman–Crippen LogP) is 4.23. The quantitative estimate of drug-likeness (QED) is 0.617. The van der Waals surface area contributed by atoms with E-state index in [4.69, 9.17) is 4.42 Å². The summed E-state index contributed by atoms with van der Waals surface area (Å²) in [5, 5.41) is 12.4. The highest BCUT2D eigenvalue weighted by molar-refractivity contribution is 7.99. The Morgan fingerprint density at radius 2 is 1.96 bits per heavy atom. The van der Waals surface area contributed by atoms with Crippen LogP contribution in [0.4, 0.5) is 0 Å². The van der Waals surface area contributed by atoms with Crippen LogP contribution in [0.5, 0.6) is 0 Å². The number of para-hydroxylation sites is 1. The van der Waals surface area contributed by atoms with Crippen molar-refractivity contribution < 1.29 is 9.21 Å². The van der Waals surface area contributed by atoms with Gasteiger partial charge in [0.25, 0.3) is 0 Å². The van der Waals surface area contributed by atoms with Crippen LogP contribution in [0.3, 0.4) is 0 Å². The largest absolute Gasteiger partial charge is 0.469 e. The van der Waals surface area contributed by atoms with Gasteiger partial charge in [-0.25, -0.2) is 0 Å². The van der Waals surface area contributed by atoms with Gasteiger partial charge in [-0.3, -0.25) is 9.36 Å². The van der Waals surface area contributed by atoms with Gasteiger partial charge in [-0.05, 0) is 45.4 Å². The average molecular weight is 385 g/mol. The highest BCUT2D eigenvalue weighted by Gasteiger charge is 2.21. The smallest absolute Gasteiger partial charge is 0.230 e. The predicted molar refractivity (Wildman–Crippen MR) is 107 cm³/mol. The molecule has 2 aromatic heterocycles. The minimum absolute atomic E-state index is 0.0181. The lowest BCUT2D eigenvalue weighted by Crippen LogP contribution is -2.43. The van der Waals surface area contributed by atoms with Gasteiger partial charge in [0.1, 0.15) is 5.76 Å². The second-order valence-electron chi connectivity index (χ2n) is 6.94. The van der Waals surface area contributed by atoms with Crippen LogP contribution in [0, 0.1) is 6.92 Å². The number of carbonyl (C=O) groups is 1. The van der Waals surface area contributed by atoms with Crippen molar-refractivity contribution in [2.45, 2.75) is 44.8 Å². The lowest BCUT2D eigenvalue weighted by molar-refractivity contribution is -0.120. The molecule has 0 fully saturated rings. The summed E-state index contributed by atoms with van der Waals surface area (Å²) in [4.78, 5) is 12.3. The van der Waals surface area contributed by atoms with Crippen molar-refractivity contribution >= 4 is 17.7 Å². The highest BCUT2D eigenvalue weighted by Crippen LogP contribution is 2.30. The van der Waals surface area contributed by atoms with Crippen molar-refractivity contribution in [1.29, 1.82) is 0 Å². The van der Waals surface area contributed by atoms with Crippen LogP contribution in [0.15, 0.2) is 52.2 Å². The Balaban J connectivity index is 1.89. The molecule has 3 rings (SSSR count). The van der Waals surface area contributed by atoms with E-state index in [0.29, 0.717) is 11.0 Å². The summed E-state index contributed by atoms with van der Waals surface area (Å²) in [6, 6.07) is 11.8. The topological polar surface area (TPSA) is 73.0 Å². The molecule has 2 heterocycles. The molecule has 0 spiro atoms. The Morgan fingerprint density at radius 1 is 1.22 bits per heavy atom. The molecule has 0 saturated heterocycles. The number of furan rings is 1. The first-order valence-electron chi connectivity index (χ1n) is 8.90. The second-order valence-corrected chi connectivity index (χ2v) is 7.88. The molecular weight excluding hydrogens is 360 g/mol. The van der Waals surface area contributed by atoms with E-state index in [1.807, 2.05) is 61.7 Å². The number of rotatable bonds is 7. The molecule has 1 N–H and O–H groups in total. The standard InChI is InChI=1S/C20H24N4O2S/c1-5-20(3,4)21-17(25)13-27-19-23-22-18(16-11-12-26-14(16)2)24(19)15-9-7-6-8-10-15/h6-12H,5,13H2,1-4H3,(H,21,25). The molecule has 142 valence electrons. The minimum atomic E-state index is -0.218. The molecule has 0 saturated carbocycles. The van der Waals surface area contributed by atoms with Gasteiger partial charge in [0, 0.05) is 11.2 Å². The Bertz CT molecular complexity index is 915. The van der Waals surface area contributed by atoms with Crippen LogP contribution in [-0.2, 0) is 4.79 Å². The molecule has 1 aromatic carbocycles. The van der Waals surface area contributed by atoms with Gasteiger partial charge >= 0.3 is 0 Å². The Morgan fingerprint density at radius 3 is 2.59 bits per heavy atom. The number of benzene rings is 1. The first-order valence-corrected chi connectivity index (χ1v) is 9.89. The van der Waals surface area contributed by atoms with E-state index >= 15 is 0 Å². The molecule has 7 heteroatoms. The second kappa shape index (κ2) is 8.00. The van der Waals surface area contributed by atoms with Crippen LogP contribution < -0.4 is 5.32 Å². The third-order valence-corrected chi connectivity index (χ3v) is 5.37. The average Bonchev–Trinajstić information content (AvgIpc) is 3.26. The van der Waals surface area contributed by atoms with E-state index in [1.165, 1.54) is 11.8 Å². The zero-order valence-electron chi connectivity index (χ0n) is 16.0. The monoisotopic (exact) mass is 384 g/mol. The van der Waals surface area contributed by atoms with Gasteiger partial charge in [0.2, 0.25) is 5.91 Å². The van der Waals surface area contributed by atoms with E-state index in [1.54, 1.807) is 6.26 Å². The van der Waals surface area contributed by atoms with E-state index in [-0.39, 0.29) is 17.2 Å². The number of amides is 1. The number of nitrogens with zero attached hydrogens (tertiary/aromatic N) is 3. The molecule has 0 atom stereocenters. The molecule has 0 aliphatic carbocycles. The SMILES string of the molecule is CCC(C)(C)NC(=O)CSc1nnc(-c2ccoc2C)n1-c1ccccc1. The fraction of sp³-hybridized carbons (Fsp3) is 0.350. The molecule has 0 radical (unpaired) electrons. The highest BCUT2D eigenvalue weighted by atomic mass is 32.2. The van der Waals surface area contributed by atoms with Crippen molar-refractivity contribution in [3.05, 3.63) is 48.4 Å². The number of carbonyl (C=O) groups excluding carboxylic acids is 1. The lowest BCUT2D eigenvalue weighted by atomic mass is 10.0. The maximum Gasteiger partial charge on any atom is 0.230 e. The fourth-order valence-electron chi connectivity index (χ4n) is 2.60. The van der Waals surface area contributed by atoms with Crippen molar-refractivity contribution in [3.63, 3.8) is 0 Å². The van der Waals surface area contributed by atoms with Crippen molar-refractivity contribution in [2.75, 3.05) is 5.75 Å². The van der Waals surface area contributed by atoms with Gasteiger partial charge < -0.3 is 9.73 Å². The summed E-state index contributed by atoms with van der Waals surface area (Å²) in [6.45, 7) is 7.98. The van der Waals surface area contributed by atoms with Crippen LogP contribution in [0.1, 0.15) is 33.0 Å². The molecule has 0 aliphatic rings. The Hall–Kier alpha value is -2.54. The van der Waals surface area contributed by atoms with Crippen molar-refractivity contribution in [1.82, 2.24) is 20.1 Å².